The van der Waals surface area contributed by atoms with Gasteiger partial charge in [-0.15, -0.1) is 0 Å². The van der Waals surface area contributed by atoms with E-state index in [1.54, 1.807) is 17.0 Å². The van der Waals surface area contributed by atoms with Crippen LogP contribution in [0.4, 0.5) is 20.6 Å². The standard InChI is InChI=1S/C16H22FN5O3S/c1-4-5-13(15-18-8-9-22(15)2)19-16(23)20-14-10-11(6-7-12(14)17)21-26(3,24)25/h6-10,13,21H,4-5H2,1-3H3,(H2,19,20,23)/t13-/m0/s1. The second-order valence-corrected chi connectivity index (χ2v) is 7.65. The number of carbonyl (C=O) groups excluding carboxylic acids is 1. The molecule has 0 fully saturated rings. The molecule has 1 heterocycles. The summed E-state index contributed by atoms with van der Waals surface area (Å²) in [4.78, 5) is 16.5. The molecule has 1 aromatic carbocycles. The summed E-state index contributed by atoms with van der Waals surface area (Å²) < 4.78 is 40.6. The van der Waals surface area contributed by atoms with Crippen LogP contribution < -0.4 is 15.4 Å². The number of carbonyl (C=O) groups is 1. The Labute approximate surface area is 151 Å². The lowest BCUT2D eigenvalue weighted by Gasteiger charge is -2.18. The van der Waals surface area contributed by atoms with Gasteiger partial charge in [-0.05, 0) is 24.6 Å². The number of hydrogen-bond acceptors (Lipinski definition) is 4. The van der Waals surface area contributed by atoms with Crippen LogP contribution in [0.2, 0.25) is 0 Å². The third-order valence-electron chi connectivity index (χ3n) is 3.57. The van der Waals surface area contributed by atoms with E-state index in [0.717, 1.165) is 18.7 Å². The number of nitrogens with zero attached hydrogens (tertiary/aromatic N) is 2. The topological polar surface area (TPSA) is 105 Å². The van der Waals surface area contributed by atoms with Gasteiger partial charge in [-0.3, -0.25) is 4.72 Å². The van der Waals surface area contributed by atoms with Crippen molar-refractivity contribution in [2.45, 2.75) is 25.8 Å². The van der Waals surface area contributed by atoms with Gasteiger partial charge in [0.1, 0.15) is 11.6 Å². The summed E-state index contributed by atoms with van der Waals surface area (Å²) in [6.07, 6.45) is 5.88. The summed E-state index contributed by atoms with van der Waals surface area (Å²) in [6, 6.07) is 2.62. The Kier molecular flexibility index (Phi) is 6.19. The average molecular weight is 383 g/mol. The quantitative estimate of drug-likeness (QED) is 0.683. The molecule has 1 aromatic heterocycles. The molecule has 142 valence electrons. The normalized spacial score (nSPS) is 12.5. The fraction of sp³-hybridized carbons (Fsp3) is 0.375. The maximum absolute atomic E-state index is 13.9. The molecule has 0 aliphatic carbocycles. The second kappa shape index (κ2) is 8.17. The number of aryl methyl sites for hydroxylation is 1. The fourth-order valence-corrected chi connectivity index (χ4v) is 3.04. The first-order valence-corrected chi connectivity index (χ1v) is 9.91. The summed E-state index contributed by atoms with van der Waals surface area (Å²) in [5.74, 6) is 0.0122. The number of sulfonamides is 1. The molecule has 0 bridgehead atoms. The lowest BCUT2D eigenvalue weighted by atomic mass is 10.1. The number of halogens is 1. The molecule has 0 aliphatic rings. The summed E-state index contributed by atoms with van der Waals surface area (Å²) in [6.45, 7) is 1.98. The predicted molar refractivity (Wildman–Crippen MR) is 97.9 cm³/mol. The first-order valence-electron chi connectivity index (χ1n) is 8.01. The van der Waals surface area contributed by atoms with Gasteiger partial charge in [-0.25, -0.2) is 22.6 Å². The summed E-state index contributed by atoms with van der Waals surface area (Å²) in [7, 11) is -1.68. The number of anilines is 2. The molecular formula is C16H22FN5O3S. The molecule has 26 heavy (non-hydrogen) atoms. The number of urea groups is 1. The molecule has 8 nitrogen and oxygen atoms in total. The molecule has 3 N–H and O–H groups in total. The fourth-order valence-electron chi connectivity index (χ4n) is 2.48. The average Bonchev–Trinajstić information content (AvgIpc) is 2.95. The maximum Gasteiger partial charge on any atom is 0.319 e. The number of amides is 2. The Morgan fingerprint density at radius 1 is 1.38 bits per heavy atom. The lowest BCUT2D eigenvalue weighted by molar-refractivity contribution is 0.247. The number of nitrogens with one attached hydrogen (secondary N) is 3. The molecule has 0 unspecified atom stereocenters. The van der Waals surface area contributed by atoms with Crippen molar-refractivity contribution >= 4 is 27.4 Å². The largest absolute Gasteiger partial charge is 0.336 e. The van der Waals surface area contributed by atoms with Crippen molar-refractivity contribution in [2.75, 3.05) is 16.3 Å². The number of aromatic nitrogens is 2. The van der Waals surface area contributed by atoms with Crippen LogP contribution in [-0.2, 0) is 17.1 Å². The van der Waals surface area contributed by atoms with Crippen molar-refractivity contribution in [3.8, 4) is 0 Å². The van der Waals surface area contributed by atoms with E-state index in [4.69, 9.17) is 0 Å². The minimum Gasteiger partial charge on any atom is -0.336 e. The van der Waals surface area contributed by atoms with Gasteiger partial charge in [0.15, 0.2) is 0 Å². The Morgan fingerprint density at radius 3 is 2.69 bits per heavy atom. The monoisotopic (exact) mass is 383 g/mol. The minimum absolute atomic E-state index is 0.133. The van der Waals surface area contributed by atoms with Crippen LogP contribution in [-0.4, -0.2) is 30.3 Å². The molecule has 1 atom stereocenters. The van der Waals surface area contributed by atoms with Crippen molar-refractivity contribution in [2.24, 2.45) is 7.05 Å². The van der Waals surface area contributed by atoms with Crippen LogP contribution in [0.15, 0.2) is 30.6 Å². The Balaban J connectivity index is 2.13. The van der Waals surface area contributed by atoms with Crippen LogP contribution >= 0.6 is 0 Å². The van der Waals surface area contributed by atoms with E-state index in [0.29, 0.717) is 12.2 Å². The van der Waals surface area contributed by atoms with Gasteiger partial charge in [-0.2, -0.15) is 0 Å². The SMILES string of the molecule is CCC[C@H](NC(=O)Nc1cc(NS(C)(=O)=O)ccc1F)c1nccn1C. The zero-order chi connectivity index (χ0) is 19.3. The highest BCUT2D eigenvalue weighted by atomic mass is 32.2. The van der Waals surface area contributed by atoms with Crippen molar-refractivity contribution in [3.05, 3.63) is 42.2 Å². The van der Waals surface area contributed by atoms with E-state index >= 15 is 0 Å². The van der Waals surface area contributed by atoms with Gasteiger partial charge >= 0.3 is 6.03 Å². The highest BCUT2D eigenvalue weighted by Gasteiger charge is 2.18. The molecule has 0 saturated carbocycles. The van der Waals surface area contributed by atoms with Crippen molar-refractivity contribution < 1.29 is 17.6 Å². The molecule has 10 heteroatoms. The van der Waals surface area contributed by atoms with Gasteiger partial charge in [0.25, 0.3) is 0 Å². The Bertz CT molecular complexity index is 882. The van der Waals surface area contributed by atoms with E-state index < -0.39 is 21.9 Å². The maximum atomic E-state index is 13.9. The summed E-state index contributed by atoms with van der Waals surface area (Å²) in [5, 5.41) is 5.18. The minimum atomic E-state index is -3.51. The van der Waals surface area contributed by atoms with Crippen LogP contribution in [0.1, 0.15) is 31.6 Å². The van der Waals surface area contributed by atoms with Gasteiger partial charge in [-0.1, -0.05) is 13.3 Å². The summed E-state index contributed by atoms with van der Waals surface area (Å²) >= 11 is 0. The lowest BCUT2D eigenvalue weighted by Crippen LogP contribution is -2.34. The molecule has 2 amide bonds. The van der Waals surface area contributed by atoms with E-state index in [1.165, 1.54) is 12.1 Å². The first-order chi connectivity index (χ1) is 12.2. The molecule has 0 saturated heterocycles. The number of rotatable bonds is 7. The van der Waals surface area contributed by atoms with Crippen LogP contribution in [0.25, 0.3) is 0 Å². The number of benzene rings is 1. The molecule has 2 aromatic rings. The third-order valence-corrected chi connectivity index (χ3v) is 4.18. The zero-order valence-electron chi connectivity index (χ0n) is 14.8. The highest BCUT2D eigenvalue weighted by molar-refractivity contribution is 7.92. The van der Waals surface area contributed by atoms with E-state index in [9.17, 15) is 17.6 Å². The number of hydrogen-bond donors (Lipinski definition) is 3. The van der Waals surface area contributed by atoms with E-state index in [-0.39, 0.29) is 17.4 Å². The Hall–Kier alpha value is -2.62. The van der Waals surface area contributed by atoms with Crippen molar-refractivity contribution in [1.29, 1.82) is 0 Å². The Morgan fingerprint density at radius 2 is 2.12 bits per heavy atom. The van der Waals surface area contributed by atoms with Crippen molar-refractivity contribution in [1.82, 2.24) is 14.9 Å². The van der Waals surface area contributed by atoms with E-state index in [2.05, 4.69) is 20.3 Å². The van der Waals surface area contributed by atoms with Crippen LogP contribution in [0.5, 0.6) is 0 Å². The van der Waals surface area contributed by atoms with Gasteiger partial charge in [0.2, 0.25) is 10.0 Å². The molecule has 0 aliphatic heterocycles. The second-order valence-electron chi connectivity index (χ2n) is 5.90. The smallest absolute Gasteiger partial charge is 0.319 e. The molecule has 2 rings (SSSR count). The molecular weight excluding hydrogens is 361 g/mol. The molecule has 0 spiro atoms. The van der Waals surface area contributed by atoms with Gasteiger partial charge in [0, 0.05) is 19.4 Å². The van der Waals surface area contributed by atoms with Gasteiger partial charge < -0.3 is 15.2 Å². The summed E-state index contributed by atoms with van der Waals surface area (Å²) in [5.41, 5.74) is 0.0182. The first kappa shape index (κ1) is 19.7. The van der Waals surface area contributed by atoms with Crippen LogP contribution in [0.3, 0.4) is 0 Å². The van der Waals surface area contributed by atoms with Gasteiger partial charge in [0.05, 0.1) is 23.7 Å². The zero-order valence-corrected chi connectivity index (χ0v) is 15.6. The number of imidazole rings is 1. The van der Waals surface area contributed by atoms with Crippen LogP contribution in [0, 0.1) is 5.82 Å². The third kappa shape index (κ3) is 5.45. The van der Waals surface area contributed by atoms with E-state index in [1.807, 2.05) is 14.0 Å². The highest BCUT2D eigenvalue weighted by Crippen LogP contribution is 2.21. The molecule has 0 radical (unpaired) electrons. The predicted octanol–water partition coefficient (Wildman–Crippen LogP) is 2.59. The van der Waals surface area contributed by atoms with Crippen molar-refractivity contribution in [3.63, 3.8) is 0 Å².